The van der Waals surface area contributed by atoms with Gasteiger partial charge in [-0.2, -0.15) is 0 Å². The molecule has 0 spiro atoms. The third-order valence-electron chi connectivity index (χ3n) is 3.15. The average Bonchev–Trinajstić information content (AvgIpc) is 3.16. The Kier molecular flexibility index (Phi) is 3.61. The fraction of sp³-hybridized carbons (Fsp3) is 0.333. The van der Waals surface area contributed by atoms with Gasteiger partial charge in [-0.15, -0.1) is 0 Å². The van der Waals surface area contributed by atoms with Gasteiger partial charge in [-0.3, -0.25) is 0 Å². The van der Waals surface area contributed by atoms with Crippen molar-refractivity contribution in [3.63, 3.8) is 0 Å². The van der Waals surface area contributed by atoms with Crippen LogP contribution in [0.1, 0.15) is 24.2 Å². The van der Waals surface area contributed by atoms with Gasteiger partial charge in [-0.25, -0.2) is 9.97 Å². The topological polar surface area (TPSA) is 49.8 Å². The Balaban J connectivity index is 1.83. The van der Waals surface area contributed by atoms with Crippen molar-refractivity contribution in [2.75, 3.05) is 10.6 Å². The lowest BCUT2D eigenvalue weighted by atomic mass is 10.2. The Hall–Kier alpha value is -1.62. The van der Waals surface area contributed by atoms with E-state index in [4.69, 9.17) is 0 Å². The van der Waals surface area contributed by atoms with E-state index in [0.29, 0.717) is 6.04 Å². The highest BCUT2D eigenvalue weighted by molar-refractivity contribution is 9.10. The summed E-state index contributed by atoms with van der Waals surface area (Å²) in [6, 6.07) is 8.75. The van der Waals surface area contributed by atoms with Gasteiger partial charge in [-0.05, 0) is 60.3 Å². The minimum atomic E-state index is 0.586. The first kappa shape index (κ1) is 13.4. The number of anilines is 3. The number of nitrogens with zero attached hydrogens (tertiary/aromatic N) is 2. The van der Waals surface area contributed by atoms with Crippen LogP contribution in [0.5, 0.6) is 0 Å². The van der Waals surface area contributed by atoms with Crippen molar-refractivity contribution in [3.8, 4) is 0 Å². The standard InChI is InChI=1S/C15H17BrN4/c1-9-3-6-13(12(16)7-9)20-15-8-14(17-10(2)18-15)19-11-4-5-11/h3,6-8,11H,4-5H2,1-2H3,(H2,17,18,19,20). The summed E-state index contributed by atoms with van der Waals surface area (Å²) in [7, 11) is 0. The summed E-state index contributed by atoms with van der Waals surface area (Å²) in [5.41, 5.74) is 2.23. The van der Waals surface area contributed by atoms with E-state index in [1.54, 1.807) is 0 Å². The minimum absolute atomic E-state index is 0.586. The van der Waals surface area contributed by atoms with Crippen molar-refractivity contribution in [2.24, 2.45) is 0 Å². The van der Waals surface area contributed by atoms with Crippen molar-refractivity contribution in [2.45, 2.75) is 32.7 Å². The van der Waals surface area contributed by atoms with Crippen LogP contribution < -0.4 is 10.6 Å². The summed E-state index contributed by atoms with van der Waals surface area (Å²) < 4.78 is 1.03. The van der Waals surface area contributed by atoms with E-state index in [0.717, 1.165) is 27.6 Å². The molecule has 0 radical (unpaired) electrons. The summed E-state index contributed by atoms with van der Waals surface area (Å²) in [5, 5.41) is 6.74. The molecule has 4 nitrogen and oxygen atoms in total. The molecule has 2 N–H and O–H groups in total. The molecule has 1 aromatic carbocycles. The fourth-order valence-corrected chi connectivity index (χ4v) is 2.59. The van der Waals surface area contributed by atoms with Gasteiger partial charge < -0.3 is 10.6 Å². The van der Waals surface area contributed by atoms with Crippen LogP contribution in [-0.2, 0) is 0 Å². The lowest BCUT2D eigenvalue weighted by Gasteiger charge is -2.11. The second-order valence-electron chi connectivity index (χ2n) is 5.21. The average molecular weight is 333 g/mol. The van der Waals surface area contributed by atoms with Crippen molar-refractivity contribution in [1.82, 2.24) is 9.97 Å². The molecule has 1 aromatic heterocycles. The molecule has 104 valence electrons. The molecule has 5 heteroatoms. The Morgan fingerprint density at radius 2 is 1.85 bits per heavy atom. The molecule has 20 heavy (non-hydrogen) atoms. The van der Waals surface area contributed by atoms with Crippen LogP contribution in [0, 0.1) is 13.8 Å². The number of aromatic nitrogens is 2. The maximum atomic E-state index is 4.44. The molecule has 1 saturated carbocycles. The number of rotatable bonds is 4. The molecule has 3 rings (SSSR count). The molecule has 1 aliphatic rings. The van der Waals surface area contributed by atoms with Crippen LogP contribution in [0.25, 0.3) is 0 Å². The van der Waals surface area contributed by atoms with Crippen LogP contribution in [0.4, 0.5) is 17.3 Å². The van der Waals surface area contributed by atoms with Gasteiger partial charge in [0.15, 0.2) is 0 Å². The zero-order valence-corrected chi connectivity index (χ0v) is 13.2. The van der Waals surface area contributed by atoms with E-state index in [2.05, 4.69) is 55.6 Å². The van der Waals surface area contributed by atoms with E-state index in [9.17, 15) is 0 Å². The molecule has 2 aromatic rings. The van der Waals surface area contributed by atoms with E-state index in [1.807, 2.05) is 19.1 Å². The van der Waals surface area contributed by atoms with E-state index < -0.39 is 0 Å². The summed E-state index contributed by atoms with van der Waals surface area (Å²) in [6.45, 7) is 3.98. The molecule has 0 aliphatic heterocycles. The molecule has 0 bridgehead atoms. The molecule has 0 saturated heterocycles. The largest absolute Gasteiger partial charge is 0.367 e. The molecule has 0 amide bonds. The van der Waals surface area contributed by atoms with Crippen LogP contribution in [-0.4, -0.2) is 16.0 Å². The quantitative estimate of drug-likeness (QED) is 0.882. The number of nitrogens with one attached hydrogen (secondary N) is 2. The lowest BCUT2D eigenvalue weighted by molar-refractivity contribution is 1.02. The summed E-state index contributed by atoms with van der Waals surface area (Å²) >= 11 is 3.57. The van der Waals surface area contributed by atoms with Crippen molar-refractivity contribution < 1.29 is 0 Å². The first-order chi connectivity index (χ1) is 9.60. The Labute approximate surface area is 127 Å². The van der Waals surface area contributed by atoms with Gasteiger partial charge in [0.2, 0.25) is 0 Å². The second-order valence-corrected chi connectivity index (χ2v) is 6.07. The maximum absolute atomic E-state index is 4.44. The minimum Gasteiger partial charge on any atom is -0.367 e. The number of hydrogen-bond acceptors (Lipinski definition) is 4. The van der Waals surface area contributed by atoms with Crippen molar-refractivity contribution >= 4 is 33.3 Å². The molecule has 0 unspecified atom stereocenters. The summed E-state index contributed by atoms with van der Waals surface area (Å²) in [4.78, 5) is 8.86. The van der Waals surface area contributed by atoms with E-state index in [1.165, 1.54) is 18.4 Å². The predicted octanol–water partition coefficient (Wildman–Crippen LogP) is 4.17. The zero-order valence-electron chi connectivity index (χ0n) is 11.6. The molecule has 1 aliphatic carbocycles. The normalized spacial score (nSPS) is 14.2. The van der Waals surface area contributed by atoms with Gasteiger partial charge in [-0.1, -0.05) is 6.07 Å². The number of halogens is 1. The van der Waals surface area contributed by atoms with Crippen LogP contribution in [0.3, 0.4) is 0 Å². The third kappa shape index (κ3) is 3.28. The van der Waals surface area contributed by atoms with Crippen LogP contribution >= 0.6 is 15.9 Å². The molecular formula is C15H17BrN4. The van der Waals surface area contributed by atoms with Gasteiger partial charge in [0, 0.05) is 16.6 Å². The molecule has 1 heterocycles. The Morgan fingerprint density at radius 3 is 2.55 bits per heavy atom. The Morgan fingerprint density at radius 1 is 1.10 bits per heavy atom. The zero-order chi connectivity index (χ0) is 14.1. The number of benzene rings is 1. The third-order valence-corrected chi connectivity index (χ3v) is 3.81. The first-order valence-corrected chi connectivity index (χ1v) is 7.55. The maximum Gasteiger partial charge on any atom is 0.136 e. The van der Waals surface area contributed by atoms with Gasteiger partial charge in [0.25, 0.3) is 0 Å². The second kappa shape index (κ2) is 5.40. The summed E-state index contributed by atoms with van der Waals surface area (Å²) in [5.74, 6) is 2.47. The lowest BCUT2D eigenvalue weighted by Crippen LogP contribution is -2.06. The smallest absolute Gasteiger partial charge is 0.136 e. The van der Waals surface area contributed by atoms with E-state index in [-0.39, 0.29) is 0 Å². The van der Waals surface area contributed by atoms with Crippen LogP contribution in [0.2, 0.25) is 0 Å². The Bertz CT molecular complexity index is 638. The highest BCUT2D eigenvalue weighted by Crippen LogP contribution is 2.28. The van der Waals surface area contributed by atoms with Crippen molar-refractivity contribution in [1.29, 1.82) is 0 Å². The number of aryl methyl sites for hydroxylation is 2. The SMILES string of the molecule is Cc1ccc(Nc2cc(NC3CC3)nc(C)n2)c(Br)c1. The highest BCUT2D eigenvalue weighted by Gasteiger charge is 2.21. The molecular weight excluding hydrogens is 316 g/mol. The molecule has 1 fully saturated rings. The molecule has 0 atom stereocenters. The fourth-order valence-electron chi connectivity index (χ4n) is 2.00. The van der Waals surface area contributed by atoms with Gasteiger partial charge >= 0.3 is 0 Å². The monoisotopic (exact) mass is 332 g/mol. The number of hydrogen-bond donors (Lipinski definition) is 2. The van der Waals surface area contributed by atoms with Crippen molar-refractivity contribution in [3.05, 3.63) is 40.1 Å². The summed E-state index contributed by atoms with van der Waals surface area (Å²) in [6.07, 6.45) is 2.46. The van der Waals surface area contributed by atoms with E-state index >= 15 is 0 Å². The predicted molar refractivity (Wildman–Crippen MR) is 85.6 cm³/mol. The van der Waals surface area contributed by atoms with Crippen LogP contribution in [0.15, 0.2) is 28.7 Å². The van der Waals surface area contributed by atoms with Gasteiger partial charge in [0.1, 0.15) is 17.5 Å². The van der Waals surface area contributed by atoms with Gasteiger partial charge in [0.05, 0.1) is 5.69 Å². The first-order valence-electron chi connectivity index (χ1n) is 6.75. The highest BCUT2D eigenvalue weighted by atomic mass is 79.9.